The van der Waals surface area contributed by atoms with Gasteiger partial charge in [0.1, 0.15) is 5.76 Å². The first-order valence-electron chi connectivity index (χ1n) is 4.97. The lowest BCUT2D eigenvalue weighted by molar-refractivity contribution is 0.408. The summed E-state index contributed by atoms with van der Waals surface area (Å²) in [6.45, 7) is 7.16. The number of nitrogens with zero attached hydrogens (tertiary/aromatic N) is 1. The van der Waals surface area contributed by atoms with Crippen LogP contribution < -0.4 is 5.32 Å². The summed E-state index contributed by atoms with van der Waals surface area (Å²) < 4.78 is 5.42. The molecule has 0 aliphatic heterocycles. The minimum atomic E-state index is 0.209. The van der Waals surface area contributed by atoms with Crippen molar-refractivity contribution in [1.29, 1.82) is 0 Å². The Morgan fingerprint density at radius 3 is 3.00 bits per heavy atom. The molecule has 0 saturated heterocycles. The van der Waals surface area contributed by atoms with E-state index < -0.39 is 0 Å². The van der Waals surface area contributed by atoms with Crippen LogP contribution in [0.1, 0.15) is 31.5 Å². The molecule has 3 nitrogen and oxygen atoms in total. The molecule has 1 N–H and O–H groups in total. The molecule has 0 radical (unpaired) electrons. The fourth-order valence-electron chi connectivity index (χ4n) is 1.15. The van der Waals surface area contributed by atoms with Crippen molar-refractivity contribution >= 4 is 11.8 Å². The van der Waals surface area contributed by atoms with Crippen molar-refractivity contribution in [2.45, 2.75) is 26.8 Å². The summed E-state index contributed by atoms with van der Waals surface area (Å²) in [6.07, 6.45) is 1.76. The second-order valence-corrected chi connectivity index (χ2v) is 4.58. The molecule has 1 atom stereocenters. The molecule has 1 aromatic heterocycles. The van der Waals surface area contributed by atoms with Crippen LogP contribution in [0.25, 0.3) is 0 Å². The van der Waals surface area contributed by atoms with Crippen molar-refractivity contribution in [1.82, 2.24) is 10.3 Å². The first kappa shape index (κ1) is 11.6. The van der Waals surface area contributed by atoms with Gasteiger partial charge in [-0.2, -0.15) is 11.8 Å². The molecule has 0 aromatic carbocycles. The van der Waals surface area contributed by atoms with E-state index in [0.717, 1.165) is 23.9 Å². The molecular weight excluding hydrogens is 196 g/mol. The van der Waals surface area contributed by atoms with Gasteiger partial charge < -0.3 is 9.73 Å². The van der Waals surface area contributed by atoms with Crippen LogP contribution in [0.2, 0.25) is 0 Å². The molecule has 0 fully saturated rings. The van der Waals surface area contributed by atoms with Crippen molar-refractivity contribution < 1.29 is 4.42 Å². The number of aryl methyl sites for hydroxylation is 1. The summed E-state index contributed by atoms with van der Waals surface area (Å²) in [6, 6.07) is 0.209. The Labute approximate surface area is 89.7 Å². The minimum absolute atomic E-state index is 0.209. The second-order valence-electron chi connectivity index (χ2n) is 3.18. The van der Waals surface area contributed by atoms with E-state index in [1.807, 2.05) is 18.7 Å². The molecule has 14 heavy (non-hydrogen) atoms. The molecule has 1 rings (SSSR count). The number of aromatic nitrogens is 1. The van der Waals surface area contributed by atoms with Crippen LogP contribution in [0.4, 0.5) is 0 Å². The van der Waals surface area contributed by atoms with Crippen molar-refractivity contribution in [3.05, 3.63) is 17.8 Å². The minimum Gasteiger partial charge on any atom is -0.444 e. The molecule has 0 spiro atoms. The van der Waals surface area contributed by atoms with Crippen molar-refractivity contribution in [2.75, 3.05) is 18.1 Å². The Hall–Kier alpha value is -0.480. The van der Waals surface area contributed by atoms with Gasteiger partial charge in [0.25, 0.3) is 0 Å². The third-order valence-corrected chi connectivity index (χ3v) is 2.81. The van der Waals surface area contributed by atoms with Gasteiger partial charge in [-0.3, -0.25) is 0 Å². The number of nitrogens with one attached hydrogen (secondary N) is 1. The van der Waals surface area contributed by atoms with Crippen LogP contribution in [0.3, 0.4) is 0 Å². The maximum atomic E-state index is 5.42. The quantitative estimate of drug-likeness (QED) is 0.738. The van der Waals surface area contributed by atoms with Gasteiger partial charge in [0.05, 0.1) is 12.2 Å². The number of hydrogen-bond donors (Lipinski definition) is 1. The molecule has 0 aliphatic rings. The molecule has 0 aliphatic carbocycles. The van der Waals surface area contributed by atoms with Gasteiger partial charge in [-0.05, 0) is 19.6 Å². The zero-order chi connectivity index (χ0) is 10.4. The van der Waals surface area contributed by atoms with Gasteiger partial charge in [0.15, 0.2) is 0 Å². The van der Waals surface area contributed by atoms with E-state index in [1.54, 1.807) is 6.20 Å². The van der Waals surface area contributed by atoms with Gasteiger partial charge in [-0.1, -0.05) is 6.92 Å². The van der Waals surface area contributed by atoms with E-state index in [-0.39, 0.29) is 6.04 Å². The fraction of sp³-hybridized carbons (Fsp3) is 0.700. The SMILES string of the molecule is CCSCCNC(C)c1ncc(C)o1. The van der Waals surface area contributed by atoms with Crippen LogP contribution in [0.5, 0.6) is 0 Å². The molecule has 1 heterocycles. The van der Waals surface area contributed by atoms with Gasteiger partial charge >= 0.3 is 0 Å². The number of oxazole rings is 1. The van der Waals surface area contributed by atoms with Crippen LogP contribution in [0, 0.1) is 6.92 Å². The van der Waals surface area contributed by atoms with Crippen LogP contribution >= 0.6 is 11.8 Å². The molecular formula is C10H18N2OS. The lowest BCUT2D eigenvalue weighted by atomic mass is 10.3. The van der Waals surface area contributed by atoms with Gasteiger partial charge in [-0.15, -0.1) is 0 Å². The predicted molar refractivity (Wildman–Crippen MR) is 60.7 cm³/mol. The number of thioether (sulfide) groups is 1. The molecule has 1 unspecified atom stereocenters. The molecule has 0 bridgehead atoms. The van der Waals surface area contributed by atoms with Crippen LogP contribution in [-0.2, 0) is 0 Å². The predicted octanol–water partition coefficient (Wildman–Crippen LogP) is 2.39. The van der Waals surface area contributed by atoms with E-state index in [2.05, 4.69) is 24.1 Å². The standard InChI is InChI=1S/C10H18N2OS/c1-4-14-6-5-11-9(3)10-12-7-8(2)13-10/h7,9,11H,4-6H2,1-3H3. The zero-order valence-electron chi connectivity index (χ0n) is 9.04. The first-order valence-corrected chi connectivity index (χ1v) is 6.13. The van der Waals surface area contributed by atoms with E-state index in [1.165, 1.54) is 5.75 Å². The zero-order valence-corrected chi connectivity index (χ0v) is 9.86. The average molecular weight is 214 g/mol. The highest BCUT2D eigenvalue weighted by atomic mass is 32.2. The van der Waals surface area contributed by atoms with E-state index in [4.69, 9.17) is 4.42 Å². The van der Waals surface area contributed by atoms with E-state index in [0.29, 0.717) is 0 Å². The monoisotopic (exact) mass is 214 g/mol. The van der Waals surface area contributed by atoms with Crippen molar-refractivity contribution in [3.63, 3.8) is 0 Å². The lowest BCUT2D eigenvalue weighted by Gasteiger charge is -2.09. The van der Waals surface area contributed by atoms with E-state index in [9.17, 15) is 0 Å². The Bertz CT molecular complexity index is 262. The van der Waals surface area contributed by atoms with Crippen molar-refractivity contribution in [3.8, 4) is 0 Å². The summed E-state index contributed by atoms with van der Waals surface area (Å²) in [4.78, 5) is 4.18. The molecule has 0 saturated carbocycles. The smallest absolute Gasteiger partial charge is 0.211 e. The van der Waals surface area contributed by atoms with Gasteiger partial charge in [0.2, 0.25) is 5.89 Å². The maximum Gasteiger partial charge on any atom is 0.211 e. The normalized spacial score (nSPS) is 13.1. The number of rotatable bonds is 6. The van der Waals surface area contributed by atoms with E-state index >= 15 is 0 Å². The summed E-state index contributed by atoms with van der Waals surface area (Å²) in [5, 5.41) is 3.37. The maximum absolute atomic E-state index is 5.42. The summed E-state index contributed by atoms with van der Waals surface area (Å²) >= 11 is 1.94. The summed E-state index contributed by atoms with van der Waals surface area (Å²) in [7, 11) is 0. The van der Waals surface area contributed by atoms with Crippen LogP contribution in [0.15, 0.2) is 10.6 Å². The Morgan fingerprint density at radius 2 is 2.43 bits per heavy atom. The average Bonchev–Trinajstić information content (AvgIpc) is 2.59. The first-order chi connectivity index (χ1) is 6.74. The Kier molecular flexibility index (Phi) is 5.04. The highest BCUT2D eigenvalue weighted by molar-refractivity contribution is 7.99. The fourth-order valence-corrected chi connectivity index (χ4v) is 1.70. The molecule has 4 heteroatoms. The second kappa shape index (κ2) is 6.09. The highest BCUT2D eigenvalue weighted by Gasteiger charge is 2.09. The Balaban J connectivity index is 2.25. The third-order valence-electron chi connectivity index (χ3n) is 1.91. The summed E-state index contributed by atoms with van der Waals surface area (Å²) in [5.41, 5.74) is 0. The topological polar surface area (TPSA) is 38.1 Å². The van der Waals surface area contributed by atoms with Gasteiger partial charge in [0, 0.05) is 12.3 Å². The third kappa shape index (κ3) is 3.72. The van der Waals surface area contributed by atoms with Crippen LogP contribution in [-0.4, -0.2) is 23.0 Å². The van der Waals surface area contributed by atoms with Gasteiger partial charge in [-0.25, -0.2) is 4.98 Å². The van der Waals surface area contributed by atoms with Crippen molar-refractivity contribution in [2.24, 2.45) is 0 Å². The molecule has 1 aromatic rings. The summed E-state index contributed by atoms with van der Waals surface area (Å²) in [5.74, 6) is 3.97. The lowest BCUT2D eigenvalue weighted by Crippen LogP contribution is -2.21. The molecule has 0 amide bonds. The largest absolute Gasteiger partial charge is 0.444 e. The highest BCUT2D eigenvalue weighted by Crippen LogP contribution is 2.11. The Morgan fingerprint density at radius 1 is 1.64 bits per heavy atom. The number of hydrogen-bond acceptors (Lipinski definition) is 4. The molecule has 80 valence electrons.